The van der Waals surface area contributed by atoms with Gasteiger partial charge < -0.3 is 9.88 Å². The van der Waals surface area contributed by atoms with Gasteiger partial charge in [-0.15, -0.1) is 0 Å². The van der Waals surface area contributed by atoms with Crippen LogP contribution in [0.4, 0.5) is 10.1 Å². The number of aromatic nitrogens is 1. The monoisotopic (exact) mass is 336 g/mol. The molecule has 1 N–H and O–H groups in total. The van der Waals surface area contributed by atoms with Gasteiger partial charge in [0.25, 0.3) is 0 Å². The Labute approximate surface area is 147 Å². The largest absolute Gasteiger partial charge is 0.346 e. The van der Waals surface area contributed by atoms with Crippen LogP contribution in [0.1, 0.15) is 29.2 Å². The molecule has 1 atom stereocenters. The van der Waals surface area contributed by atoms with Crippen molar-refractivity contribution in [2.24, 2.45) is 0 Å². The summed E-state index contributed by atoms with van der Waals surface area (Å²) in [6.45, 7) is 3.73. The minimum atomic E-state index is -0.321. The number of nitrogens with one attached hydrogen (secondary N) is 1. The molecule has 25 heavy (non-hydrogen) atoms. The molecule has 0 unspecified atom stereocenters. The van der Waals surface area contributed by atoms with Gasteiger partial charge in [-0.2, -0.15) is 0 Å². The highest BCUT2D eigenvalue weighted by molar-refractivity contribution is 5.91. The van der Waals surface area contributed by atoms with E-state index in [1.807, 2.05) is 60.3 Å². The van der Waals surface area contributed by atoms with E-state index in [-0.39, 0.29) is 24.2 Å². The molecule has 0 fully saturated rings. The smallest absolute Gasteiger partial charge is 0.226 e. The third kappa shape index (κ3) is 4.15. The van der Waals surface area contributed by atoms with Gasteiger partial charge in [-0.3, -0.25) is 4.79 Å². The van der Waals surface area contributed by atoms with E-state index in [2.05, 4.69) is 5.32 Å². The fourth-order valence-corrected chi connectivity index (χ4v) is 2.80. The van der Waals surface area contributed by atoms with Crippen LogP contribution in [0.2, 0.25) is 0 Å². The molecule has 0 aliphatic heterocycles. The maximum absolute atomic E-state index is 13.7. The molecule has 0 bridgehead atoms. The van der Waals surface area contributed by atoms with Crippen molar-refractivity contribution in [1.29, 1.82) is 0 Å². The third-order valence-electron chi connectivity index (χ3n) is 4.28. The quantitative estimate of drug-likeness (QED) is 0.709. The third-order valence-corrected chi connectivity index (χ3v) is 4.28. The van der Waals surface area contributed by atoms with E-state index in [0.29, 0.717) is 11.3 Å². The van der Waals surface area contributed by atoms with Gasteiger partial charge in [0.05, 0.1) is 12.5 Å². The summed E-state index contributed by atoms with van der Waals surface area (Å²) < 4.78 is 15.7. The number of carbonyl (C=O) groups is 1. The Balaban J connectivity index is 1.79. The topological polar surface area (TPSA) is 34.0 Å². The van der Waals surface area contributed by atoms with Crippen molar-refractivity contribution in [3.05, 3.63) is 89.5 Å². The first-order chi connectivity index (χ1) is 12.0. The number of amides is 1. The molecule has 1 heterocycles. The number of rotatable bonds is 5. The number of nitrogens with zero attached hydrogens (tertiary/aromatic N) is 1. The van der Waals surface area contributed by atoms with Crippen molar-refractivity contribution in [3.8, 4) is 0 Å². The molecule has 0 aliphatic carbocycles. The highest BCUT2D eigenvalue weighted by Gasteiger charge is 2.17. The van der Waals surface area contributed by atoms with E-state index in [1.165, 1.54) is 11.6 Å². The Kier molecular flexibility index (Phi) is 4.98. The molecule has 3 aromatic rings. The molecular formula is C21H21FN2O. The summed E-state index contributed by atoms with van der Waals surface area (Å²) in [4.78, 5) is 12.5. The van der Waals surface area contributed by atoms with Crippen LogP contribution in [-0.4, -0.2) is 10.5 Å². The molecule has 1 aromatic heterocycles. The predicted molar refractivity (Wildman–Crippen MR) is 98.1 cm³/mol. The SMILES string of the molecule is Cc1ccc([C@H](CC(=O)Nc2ccc(C)c(F)c2)n2cccc2)cc1. The van der Waals surface area contributed by atoms with E-state index in [1.54, 1.807) is 19.1 Å². The number of anilines is 1. The summed E-state index contributed by atoms with van der Waals surface area (Å²) in [7, 11) is 0. The summed E-state index contributed by atoms with van der Waals surface area (Å²) in [5.41, 5.74) is 3.27. The zero-order chi connectivity index (χ0) is 17.8. The molecule has 0 spiro atoms. The van der Waals surface area contributed by atoms with Gasteiger partial charge in [-0.05, 0) is 49.2 Å². The highest BCUT2D eigenvalue weighted by atomic mass is 19.1. The summed E-state index contributed by atoms with van der Waals surface area (Å²) in [6, 6.07) is 16.7. The van der Waals surface area contributed by atoms with Crippen LogP contribution in [0.3, 0.4) is 0 Å². The zero-order valence-corrected chi connectivity index (χ0v) is 14.4. The standard InChI is InChI=1S/C21H21FN2O/c1-15-5-8-17(9-6-15)20(24-11-3-4-12-24)14-21(25)23-18-10-7-16(2)19(22)13-18/h3-13,20H,14H2,1-2H3,(H,23,25)/t20-/m0/s1. The molecule has 4 heteroatoms. The minimum absolute atomic E-state index is 0.106. The molecule has 0 radical (unpaired) electrons. The lowest BCUT2D eigenvalue weighted by Crippen LogP contribution is -2.19. The van der Waals surface area contributed by atoms with Crippen LogP contribution >= 0.6 is 0 Å². The average molecular weight is 336 g/mol. The summed E-state index contributed by atoms with van der Waals surface area (Å²) in [5, 5.41) is 2.79. The number of halogens is 1. The van der Waals surface area contributed by atoms with Crippen LogP contribution in [-0.2, 0) is 4.79 Å². The van der Waals surface area contributed by atoms with Crippen molar-refractivity contribution < 1.29 is 9.18 Å². The molecule has 128 valence electrons. The van der Waals surface area contributed by atoms with Gasteiger partial charge in [0.2, 0.25) is 5.91 Å². The molecule has 3 rings (SSSR count). The number of benzene rings is 2. The first-order valence-electron chi connectivity index (χ1n) is 8.28. The fourth-order valence-electron chi connectivity index (χ4n) is 2.80. The minimum Gasteiger partial charge on any atom is -0.346 e. The molecular weight excluding hydrogens is 315 g/mol. The van der Waals surface area contributed by atoms with Crippen molar-refractivity contribution in [2.45, 2.75) is 26.3 Å². The predicted octanol–water partition coefficient (Wildman–Crippen LogP) is 4.86. The van der Waals surface area contributed by atoms with E-state index >= 15 is 0 Å². The number of hydrogen-bond acceptors (Lipinski definition) is 1. The lowest BCUT2D eigenvalue weighted by atomic mass is 10.0. The van der Waals surface area contributed by atoms with Crippen molar-refractivity contribution in [3.63, 3.8) is 0 Å². The Morgan fingerprint density at radius 3 is 2.40 bits per heavy atom. The first-order valence-corrected chi connectivity index (χ1v) is 8.28. The maximum Gasteiger partial charge on any atom is 0.226 e. The second-order valence-electron chi connectivity index (χ2n) is 6.27. The van der Waals surface area contributed by atoms with Gasteiger partial charge in [0, 0.05) is 18.1 Å². The van der Waals surface area contributed by atoms with Crippen molar-refractivity contribution >= 4 is 11.6 Å². The average Bonchev–Trinajstić information content (AvgIpc) is 3.11. The molecule has 1 amide bonds. The van der Waals surface area contributed by atoms with Crippen LogP contribution in [0.25, 0.3) is 0 Å². The normalized spacial score (nSPS) is 12.0. The molecule has 2 aromatic carbocycles. The Bertz CT molecular complexity index is 854. The van der Waals surface area contributed by atoms with Crippen LogP contribution < -0.4 is 5.32 Å². The van der Waals surface area contributed by atoms with Gasteiger partial charge in [0.15, 0.2) is 0 Å². The van der Waals surface area contributed by atoms with Crippen LogP contribution in [0.5, 0.6) is 0 Å². The van der Waals surface area contributed by atoms with Crippen molar-refractivity contribution in [1.82, 2.24) is 4.57 Å². The second kappa shape index (κ2) is 7.34. The zero-order valence-electron chi connectivity index (χ0n) is 14.4. The Morgan fingerprint density at radius 2 is 1.76 bits per heavy atom. The van der Waals surface area contributed by atoms with Gasteiger partial charge in [-0.25, -0.2) is 4.39 Å². The summed E-state index contributed by atoms with van der Waals surface area (Å²) in [6.07, 6.45) is 4.17. The van der Waals surface area contributed by atoms with Gasteiger partial charge in [0.1, 0.15) is 5.82 Å². The molecule has 0 aliphatic rings. The number of aryl methyl sites for hydroxylation is 2. The Morgan fingerprint density at radius 1 is 1.08 bits per heavy atom. The fraction of sp³-hybridized carbons (Fsp3) is 0.190. The lowest BCUT2D eigenvalue weighted by Gasteiger charge is -2.19. The molecule has 0 saturated carbocycles. The van der Waals surface area contributed by atoms with Gasteiger partial charge >= 0.3 is 0 Å². The maximum atomic E-state index is 13.7. The number of carbonyl (C=O) groups excluding carboxylic acids is 1. The van der Waals surface area contributed by atoms with E-state index < -0.39 is 0 Å². The van der Waals surface area contributed by atoms with Crippen LogP contribution in [0, 0.1) is 19.7 Å². The molecule has 0 saturated heterocycles. The van der Waals surface area contributed by atoms with E-state index in [9.17, 15) is 9.18 Å². The van der Waals surface area contributed by atoms with Crippen molar-refractivity contribution in [2.75, 3.05) is 5.32 Å². The van der Waals surface area contributed by atoms with Gasteiger partial charge in [-0.1, -0.05) is 35.9 Å². The summed E-state index contributed by atoms with van der Waals surface area (Å²) in [5.74, 6) is -0.471. The Hall–Kier alpha value is -2.88. The van der Waals surface area contributed by atoms with E-state index in [0.717, 1.165) is 5.56 Å². The second-order valence-corrected chi connectivity index (χ2v) is 6.27. The molecule has 3 nitrogen and oxygen atoms in total. The lowest BCUT2D eigenvalue weighted by molar-refractivity contribution is -0.116. The van der Waals surface area contributed by atoms with Crippen LogP contribution in [0.15, 0.2) is 67.0 Å². The first kappa shape index (κ1) is 17.0. The van der Waals surface area contributed by atoms with E-state index in [4.69, 9.17) is 0 Å². The summed E-state index contributed by atoms with van der Waals surface area (Å²) >= 11 is 0. The number of hydrogen-bond donors (Lipinski definition) is 1. The highest BCUT2D eigenvalue weighted by Crippen LogP contribution is 2.24.